The van der Waals surface area contributed by atoms with Crippen LogP contribution >= 0.6 is 0 Å². The van der Waals surface area contributed by atoms with Crippen molar-refractivity contribution < 1.29 is 0 Å². The number of hydrogen-bond acceptors (Lipinski definition) is 2. The highest BCUT2D eigenvalue weighted by atomic mass is 15.0. The van der Waals surface area contributed by atoms with Gasteiger partial charge in [0.25, 0.3) is 0 Å². The molecule has 3 nitrogen and oxygen atoms in total. The summed E-state index contributed by atoms with van der Waals surface area (Å²) in [6.45, 7) is 14.5. The molecule has 3 heteroatoms. The first-order valence-corrected chi connectivity index (χ1v) is 19.5. The standard InChI is InChI=1S/C39H81N3/c1-6-8-10-12-14-16-18-20-22-24-26-28-30-32-35-40-37-34-38(42-39(3,4)5)41-36-33-31-29-27-25-23-21-19-17-15-13-11-9-7-2/h40H,6-37H2,1-5H3,(H,41,42). The van der Waals surface area contributed by atoms with Gasteiger partial charge in [-0.05, 0) is 40.2 Å². The van der Waals surface area contributed by atoms with Gasteiger partial charge in [0.05, 0.1) is 5.84 Å². The summed E-state index contributed by atoms with van der Waals surface area (Å²) in [7, 11) is 0. The first kappa shape index (κ1) is 41.4. The minimum atomic E-state index is 0.0863. The molecule has 0 saturated carbocycles. The van der Waals surface area contributed by atoms with Crippen molar-refractivity contribution in [2.24, 2.45) is 4.99 Å². The maximum atomic E-state index is 4.98. The van der Waals surface area contributed by atoms with Gasteiger partial charge in [-0.15, -0.1) is 0 Å². The van der Waals surface area contributed by atoms with E-state index < -0.39 is 0 Å². The van der Waals surface area contributed by atoms with E-state index in [2.05, 4.69) is 45.3 Å². The Morgan fingerprint density at radius 2 is 0.762 bits per heavy atom. The molecular weight excluding hydrogens is 510 g/mol. The van der Waals surface area contributed by atoms with Crippen LogP contribution in [0.25, 0.3) is 0 Å². The van der Waals surface area contributed by atoms with Crippen LogP contribution in [0.15, 0.2) is 4.99 Å². The van der Waals surface area contributed by atoms with Crippen molar-refractivity contribution in [3.63, 3.8) is 0 Å². The Morgan fingerprint density at radius 3 is 1.12 bits per heavy atom. The smallest absolute Gasteiger partial charge is 0.0979 e. The molecular formula is C39H81N3. The normalized spacial score (nSPS) is 12.4. The van der Waals surface area contributed by atoms with Gasteiger partial charge >= 0.3 is 0 Å². The first-order chi connectivity index (χ1) is 20.5. The molecule has 0 bridgehead atoms. The number of nitrogens with one attached hydrogen (secondary N) is 2. The minimum Gasteiger partial charge on any atom is -0.369 e. The van der Waals surface area contributed by atoms with Crippen molar-refractivity contribution in [2.75, 3.05) is 19.6 Å². The van der Waals surface area contributed by atoms with Crippen molar-refractivity contribution in [2.45, 2.75) is 226 Å². The summed E-state index contributed by atoms with van der Waals surface area (Å²) < 4.78 is 0. The maximum Gasteiger partial charge on any atom is 0.0979 e. The third-order valence-electron chi connectivity index (χ3n) is 8.58. The van der Waals surface area contributed by atoms with E-state index in [4.69, 9.17) is 4.99 Å². The highest BCUT2D eigenvalue weighted by molar-refractivity contribution is 5.83. The molecule has 0 aromatic carbocycles. The fraction of sp³-hybridized carbons (Fsp3) is 0.974. The van der Waals surface area contributed by atoms with Gasteiger partial charge in [0.15, 0.2) is 0 Å². The topological polar surface area (TPSA) is 36.4 Å². The minimum absolute atomic E-state index is 0.0863. The molecule has 0 aliphatic heterocycles. The molecule has 252 valence electrons. The largest absolute Gasteiger partial charge is 0.369 e. The van der Waals surface area contributed by atoms with Crippen molar-refractivity contribution in [1.29, 1.82) is 0 Å². The van der Waals surface area contributed by atoms with Crippen LogP contribution in [0.1, 0.15) is 221 Å². The summed E-state index contributed by atoms with van der Waals surface area (Å²) in [5.41, 5.74) is 0.0863. The van der Waals surface area contributed by atoms with E-state index >= 15 is 0 Å². The highest BCUT2D eigenvalue weighted by Gasteiger charge is 2.11. The summed E-state index contributed by atoms with van der Waals surface area (Å²) >= 11 is 0. The van der Waals surface area contributed by atoms with Crippen LogP contribution < -0.4 is 10.6 Å². The van der Waals surface area contributed by atoms with E-state index in [1.165, 1.54) is 186 Å². The number of hydrogen-bond donors (Lipinski definition) is 2. The van der Waals surface area contributed by atoms with Crippen LogP contribution in [0.3, 0.4) is 0 Å². The number of amidine groups is 1. The van der Waals surface area contributed by atoms with E-state index in [1.54, 1.807) is 0 Å². The molecule has 0 radical (unpaired) electrons. The Hall–Kier alpha value is -0.570. The zero-order valence-electron chi connectivity index (χ0n) is 30.1. The predicted octanol–water partition coefficient (Wildman–Crippen LogP) is 12.7. The lowest BCUT2D eigenvalue weighted by molar-refractivity contribution is 0.501. The SMILES string of the molecule is CCCCCCCCCCCCCCCCN=C(CCNCCCCCCCCCCCCCCCC)NC(C)(C)C. The van der Waals surface area contributed by atoms with Crippen LogP contribution in [0.4, 0.5) is 0 Å². The van der Waals surface area contributed by atoms with Gasteiger partial charge in [0.1, 0.15) is 0 Å². The maximum absolute atomic E-state index is 4.98. The van der Waals surface area contributed by atoms with Crippen LogP contribution in [-0.2, 0) is 0 Å². The summed E-state index contributed by atoms with van der Waals surface area (Å²) in [6, 6.07) is 0. The Bertz CT molecular complexity index is 536. The number of aliphatic imine (C=N–C) groups is 1. The molecule has 0 amide bonds. The number of nitrogens with zero attached hydrogens (tertiary/aromatic N) is 1. The Balaban J connectivity index is 3.65. The second-order valence-electron chi connectivity index (χ2n) is 14.4. The average Bonchev–Trinajstić information content (AvgIpc) is 2.95. The van der Waals surface area contributed by atoms with Crippen LogP contribution in [0.2, 0.25) is 0 Å². The lowest BCUT2D eigenvalue weighted by Crippen LogP contribution is -2.42. The molecule has 42 heavy (non-hydrogen) atoms. The third kappa shape index (κ3) is 35.6. The second kappa shape index (κ2) is 33.3. The molecule has 0 unspecified atom stereocenters. The zero-order chi connectivity index (χ0) is 30.8. The van der Waals surface area contributed by atoms with Crippen molar-refractivity contribution in [1.82, 2.24) is 10.6 Å². The average molecular weight is 592 g/mol. The van der Waals surface area contributed by atoms with Crippen molar-refractivity contribution in [3.8, 4) is 0 Å². The van der Waals surface area contributed by atoms with Gasteiger partial charge < -0.3 is 10.6 Å². The van der Waals surface area contributed by atoms with Crippen LogP contribution in [0, 0.1) is 0 Å². The molecule has 0 rings (SSSR count). The van der Waals surface area contributed by atoms with E-state index in [-0.39, 0.29) is 5.54 Å². The Kier molecular flexibility index (Phi) is 32.9. The number of unbranched alkanes of at least 4 members (excludes halogenated alkanes) is 26. The second-order valence-corrected chi connectivity index (χ2v) is 14.4. The molecule has 0 aliphatic carbocycles. The molecule has 0 aliphatic rings. The fourth-order valence-corrected chi connectivity index (χ4v) is 5.91. The molecule has 0 aromatic heterocycles. The first-order valence-electron chi connectivity index (χ1n) is 19.5. The van der Waals surface area contributed by atoms with E-state index in [0.717, 1.165) is 26.1 Å². The van der Waals surface area contributed by atoms with E-state index in [0.29, 0.717) is 0 Å². The summed E-state index contributed by atoms with van der Waals surface area (Å²) in [5, 5.41) is 7.35. The predicted molar refractivity (Wildman–Crippen MR) is 193 cm³/mol. The Labute approximate surface area is 267 Å². The molecule has 0 heterocycles. The number of rotatable bonds is 33. The summed E-state index contributed by atoms with van der Waals surface area (Å²) in [4.78, 5) is 4.98. The van der Waals surface area contributed by atoms with Gasteiger partial charge in [-0.3, -0.25) is 4.99 Å². The van der Waals surface area contributed by atoms with Crippen molar-refractivity contribution in [3.05, 3.63) is 0 Å². The monoisotopic (exact) mass is 592 g/mol. The van der Waals surface area contributed by atoms with Gasteiger partial charge in [0, 0.05) is 25.0 Å². The van der Waals surface area contributed by atoms with Gasteiger partial charge in [-0.2, -0.15) is 0 Å². The van der Waals surface area contributed by atoms with Crippen LogP contribution in [-0.4, -0.2) is 31.0 Å². The van der Waals surface area contributed by atoms with Gasteiger partial charge in [-0.1, -0.05) is 181 Å². The molecule has 0 fully saturated rings. The molecule has 0 spiro atoms. The molecule has 0 atom stereocenters. The van der Waals surface area contributed by atoms with E-state index in [1.807, 2.05) is 0 Å². The molecule has 0 saturated heterocycles. The quantitative estimate of drug-likeness (QED) is 0.0452. The van der Waals surface area contributed by atoms with Crippen LogP contribution in [0.5, 0.6) is 0 Å². The van der Waals surface area contributed by atoms with Gasteiger partial charge in [-0.25, -0.2) is 0 Å². The van der Waals surface area contributed by atoms with Gasteiger partial charge in [0.2, 0.25) is 0 Å². The molecule has 0 aromatic rings. The van der Waals surface area contributed by atoms with E-state index in [9.17, 15) is 0 Å². The third-order valence-corrected chi connectivity index (χ3v) is 8.58. The summed E-state index contributed by atoms with van der Waals surface area (Å²) in [5.74, 6) is 1.20. The highest BCUT2D eigenvalue weighted by Crippen LogP contribution is 2.14. The Morgan fingerprint density at radius 1 is 0.429 bits per heavy atom. The summed E-state index contributed by atoms with van der Waals surface area (Å²) in [6.07, 6.45) is 40.8. The zero-order valence-corrected chi connectivity index (χ0v) is 30.1. The molecule has 2 N–H and O–H groups in total. The lowest BCUT2D eigenvalue weighted by atomic mass is 10.0. The lowest BCUT2D eigenvalue weighted by Gasteiger charge is -2.23. The van der Waals surface area contributed by atoms with Crippen molar-refractivity contribution >= 4 is 5.84 Å². The fourth-order valence-electron chi connectivity index (χ4n) is 5.91.